The Morgan fingerprint density at radius 1 is 1.14 bits per heavy atom. The molecule has 1 saturated carbocycles. The first-order chi connectivity index (χ1) is 20.7. The van der Waals surface area contributed by atoms with E-state index in [2.05, 4.69) is 20.7 Å². The topological polar surface area (TPSA) is 165 Å². The van der Waals surface area contributed by atoms with Crippen LogP contribution in [0.2, 0.25) is 0 Å². The Labute approximate surface area is 244 Å². The Balaban J connectivity index is 1.44. The molecule has 18 heteroatoms. The van der Waals surface area contributed by atoms with Crippen molar-refractivity contribution in [3.05, 3.63) is 71.2 Å². The molecule has 44 heavy (non-hydrogen) atoms. The molecule has 4 aromatic rings. The van der Waals surface area contributed by atoms with Crippen molar-refractivity contribution in [2.24, 2.45) is 5.73 Å². The molecule has 234 valence electrons. The number of rotatable bonds is 12. The molecule has 11 nitrogen and oxygen atoms in total. The first-order valence-electron chi connectivity index (χ1n) is 12.7. The number of carbonyl (C=O) groups is 1. The summed E-state index contributed by atoms with van der Waals surface area (Å²) in [5.41, 5.74) is 3.51. The lowest BCUT2D eigenvalue weighted by atomic mass is 10.0. The number of H-pyrrole nitrogens is 1. The van der Waals surface area contributed by atoms with Gasteiger partial charge in [-0.15, -0.1) is 0 Å². The van der Waals surface area contributed by atoms with Crippen LogP contribution in [0.1, 0.15) is 34.5 Å². The minimum absolute atomic E-state index is 0.0932. The molecule has 2 aromatic heterocycles. The number of amides is 1. The molecule has 0 unspecified atom stereocenters. The molecule has 0 saturated heterocycles. The number of aromatic nitrogens is 3. The fourth-order valence-corrected chi connectivity index (χ4v) is 4.93. The molecule has 1 aliphatic carbocycles. The quantitative estimate of drug-likeness (QED) is 0.152. The molecule has 2 aromatic carbocycles. The summed E-state index contributed by atoms with van der Waals surface area (Å²) in [5, 5.41) is 12.8. The molecule has 1 amide bonds. The van der Waals surface area contributed by atoms with E-state index in [1.807, 2.05) is 0 Å². The zero-order valence-electron chi connectivity index (χ0n) is 22.2. The number of sulfonamides is 1. The summed E-state index contributed by atoms with van der Waals surface area (Å²) in [6.45, 7) is -0.0948. The van der Waals surface area contributed by atoms with Gasteiger partial charge in [0.15, 0.2) is 11.6 Å². The van der Waals surface area contributed by atoms with Crippen LogP contribution in [0.4, 0.5) is 43.7 Å². The Bertz CT molecular complexity index is 1790. The van der Waals surface area contributed by atoms with Gasteiger partial charge in [-0.2, -0.15) is 27.1 Å². The van der Waals surface area contributed by atoms with Crippen molar-refractivity contribution in [1.82, 2.24) is 15.4 Å². The van der Waals surface area contributed by atoms with Crippen LogP contribution in [0.25, 0.3) is 11.3 Å². The van der Waals surface area contributed by atoms with Gasteiger partial charge >= 0.3 is 11.9 Å². The highest BCUT2D eigenvalue weighted by atomic mass is 32.2. The van der Waals surface area contributed by atoms with E-state index in [-0.39, 0.29) is 65.8 Å². The second-order valence-corrected chi connectivity index (χ2v) is 11.5. The van der Waals surface area contributed by atoms with Crippen LogP contribution in [-0.2, 0) is 21.9 Å². The average molecular weight is 645 g/mol. The van der Waals surface area contributed by atoms with Gasteiger partial charge < -0.3 is 20.3 Å². The van der Waals surface area contributed by atoms with Crippen LogP contribution in [-0.4, -0.2) is 48.2 Å². The second-order valence-electron chi connectivity index (χ2n) is 9.81. The van der Waals surface area contributed by atoms with Crippen molar-refractivity contribution < 1.29 is 48.8 Å². The maximum atomic E-state index is 13.5. The minimum Gasteiger partial charge on any atom is -0.491 e. The van der Waals surface area contributed by atoms with E-state index < -0.39 is 44.9 Å². The molecule has 5 N–H and O–H groups in total. The lowest BCUT2D eigenvalue weighted by Gasteiger charge is -2.15. The van der Waals surface area contributed by atoms with Gasteiger partial charge in [-0.25, -0.2) is 12.8 Å². The Morgan fingerprint density at radius 2 is 1.84 bits per heavy atom. The van der Waals surface area contributed by atoms with E-state index in [0.717, 1.165) is 12.1 Å². The SMILES string of the molecule is NC(=O)c1c(-c2ccc(NS(=O)(=O)C(F)F)c(OCCc3ccc(F)cc3)c2)n[nH]c1Nc1cc(C2(C(F)(F)F)CC2)on1. The molecular formula is C26H22F6N6O5S. The Hall–Kier alpha value is -4.74. The van der Waals surface area contributed by atoms with Crippen molar-refractivity contribution in [2.45, 2.75) is 36.6 Å². The number of halogens is 6. The van der Waals surface area contributed by atoms with Crippen LogP contribution in [0, 0.1) is 5.82 Å². The molecule has 5 rings (SSSR count). The second kappa shape index (κ2) is 11.4. The number of nitrogens with one attached hydrogen (secondary N) is 3. The van der Waals surface area contributed by atoms with Gasteiger partial charge in [0, 0.05) is 18.1 Å². The predicted octanol–water partition coefficient (Wildman–Crippen LogP) is 5.23. The number of hydrogen-bond donors (Lipinski definition) is 4. The molecule has 0 radical (unpaired) electrons. The molecule has 1 fully saturated rings. The fourth-order valence-electron chi connectivity index (χ4n) is 4.36. The number of alkyl halides is 5. The van der Waals surface area contributed by atoms with Gasteiger partial charge in [-0.05, 0) is 42.7 Å². The van der Waals surface area contributed by atoms with E-state index in [4.69, 9.17) is 15.0 Å². The summed E-state index contributed by atoms with van der Waals surface area (Å²) < 4.78 is 116. The zero-order valence-corrected chi connectivity index (χ0v) is 23.0. The van der Waals surface area contributed by atoms with Gasteiger partial charge in [0.2, 0.25) is 0 Å². The fraction of sp³-hybridized carbons (Fsp3) is 0.269. The largest absolute Gasteiger partial charge is 0.491 e. The summed E-state index contributed by atoms with van der Waals surface area (Å²) in [6.07, 6.45) is -4.64. The third-order valence-corrected chi connectivity index (χ3v) is 7.82. The highest BCUT2D eigenvalue weighted by molar-refractivity contribution is 7.93. The highest BCUT2D eigenvalue weighted by Gasteiger charge is 2.67. The summed E-state index contributed by atoms with van der Waals surface area (Å²) in [5.74, 6) is -6.17. The van der Waals surface area contributed by atoms with E-state index in [0.29, 0.717) is 5.56 Å². The number of anilines is 3. The molecule has 0 aliphatic heterocycles. The number of benzene rings is 2. The van der Waals surface area contributed by atoms with Crippen molar-refractivity contribution in [3.63, 3.8) is 0 Å². The van der Waals surface area contributed by atoms with Crippen molar-refractivity contribution in [3.8, 4) is 17.0 Å². The van der Waals surface area contributed by atoms with Crippen LogP contribution in [0.15, 0.2) is 53.1 Å². The van der Waals surface area contributed by atoms with E-state index >= 15 is 0 Å². The molecule has 0 bridgehead atoms. The summed E-state index contributed by atoms with van der Waals surface area (Å²) in [4.78, 5) is 12.4. The van der Waals surface area contributed by atoms with Crippen LogP contribution in [0.5, 0.6) is 5.75 Å². The van der Waals surface area contributed by atoms with E-state index in [1.165, 1.54) is 36.4 Å². The molecule has 0 atom stereocenters. The number of nitrogens with zero attached hydrogens (tertiary/aromatic N) is 2. The van der Waals surface area contributed by atoms with Gasteiger partial charge in [0.25, 0.3) is 15.9 Å². The first-order valence-corrected chi connectivity index (χ1v) is 14.3. The number of carbonyl (C=O) groups excluding carboxylic acids is 1. The molecular weight excluding hydrogens is 622 g/mol. The van der Waals surface area contributed by atoms with Crippen molar-refractivity contribution in [2.75, 3.05) is 16.6 Å². The number of hydrogen-bond acceptors (Lipinski definition) is 8. The van der Waals surface area contributed by atoms with Gasteiger partial charge in [0.05, 0.1) is 12.3 Å². The lowest BCUT2D eigenvalue weighted by molar-refractivity contribution is -0.165. The summed E-state index contributed by atoms with van der Waals surface area (Å²) in [7, 11) is -5.10. The predicted molar refractivity (Wildman–Crippen MR) is 143 cm³/mol. The van der Waals surface area contributed by atoms with E-state index in [9.17, 15) is 39.6 Å². The number of primary amides is 1. The van der Waals surface area contributed by atoms with Crippen LogP contribution < -0.4 is 20.5 Å². The standard InChI is InChI=1S/C26H22F6N6O5S/c27-15-4-1-13(2-5-15)7-10-42-17-11-14(3-6-16(17)38-44(40,41)24(28)29)21-20(22(33)39)23(36-35-21)34-19-12-18(43-37-19)25(8-9-25)26(30,31)32/h1-6,11-12,24,38H,7-10H2,(H2,33,39)(H2,34,35,36,37). The number of ether oxygens (including phenoxy) is 1. The average Bonchev–Trinajstić information content (AvgIpc) is 3.47. The Kier molecular flexibility index (Phi) is 7.96. The molecule has 0 spiro atoms. The van der Waals surface area contributed by atoms with E-state index in [1.54, 1.807) is 4.72 Å². The van der Waals surface area contributed by atoms with Crippen molar-refractivity contribution in [1.29, 1.82) is 0 Å². The number of nitrogens with two attached hydrogens (primary N) is 1. The van der Waals surface area contributed by atoms with Gasteiger partial charge in [0.1, 0.15) is 34.1 Å². The third kappa shape index (κ3) is 6.15. The summed E-state index contributed by atoms with van der Waals surface area (Å²) >= 11 is 0. The summed E-state index contributed by atoms with van der Waals surface area (Å²) in [6, 6.07) is 10.1. The third-order valence-electron chi connectivity index (χ3n) is 6.84. The normalized spacial score (nSPS) is 14.4. The minimum atomic E-state index is -5.10. The lowest BCUT2D eigenvalue weighted by Crippen LogP contribution is -2.28. The smallest absolute Gasteiger partial charge is 0.401 e. The Morgan fingerprint density at radius 3 is 2.45 bits per heavy atom. The molecule has 2 heterocycles. The van der Waals surface area contributed by atoms with Crippen LogP contribution in [0.3, 0.4) is 0 Å². The van der Waals surface area contributed by atoms with Gasteiger partial charge in [-0.1, -0.05) is 23.4 Å². The monoisotopic (exact) mass is 644 g/mol. The maximum Gasteiger partial charge on any atom is 0.401 e. The zero-order chi connectivity index (χ0) is 31.9. The highest BCUT2D eigenvalue weighted by Crippen LogP contribution is 2.59. The maximum absolute atomic E-state index is 13.5. The first kappa shape index (κ1) is 30.7. The number of aromatic amines is 1. The van der Waals surface area contributed by atoms with Crippen molar-refractivity contribution >= 4 is 33.3 Å². The van der Waals surface area contributed by atoms with Gasteiger partial charge in [-0.3, -0.25) is 14.6 Å². The van der Waals surface area contributed by atoms with Crippen LogP contribution >= 0.6 is 0 Å². The molecule has 1 aliphatic rings.